The number of imidazole rings is 1. The van der Waals surface area contributed by atoms with Gasteiger partial charge in [-0.2, -0.15) is 0 Å². The van der Waals surface area contributed by atoms with Crippen molar-refractivity contribution < 1.29 is 13.9 Å². The highest BCUT2D eigenvalue weighted by Crippen LogP contribution is 2.37. The molecule has 1 fully saturated rings. The standard InChI is InChI=1S/C25H24FN5O2.C2H6/c1-16-13-30(15-29-16)21-9-4-17(11-22(21)33-3)10-18-12-27-24(32)31-23(18)28-14-25(31,2)19-5-7-20(26)8-6-19;1-2/h4-11,13,15H,12,14H2,1-3H3,(H,27,32);1-2H3/b18-10+;. The summed E-state index contributed by atoms with van der Waals surface area (Å²) in [6.45, 7) is 8.66. The van der Waals surface area contributed by atoms with Crippen LogP contribution < -0.4 is 10.1 Å². The molecule has 35 heavy (non-hydrogen) atoms. The third-order valence-electron chi connectivity index (χ3n) is 6.16. The highest BCUT2D eigenvalue weighted by Gasteiger charge is 2.47. The van der Waals surface area contributed by atoms with Crippen molar-refractivity contribution in [1.29, 1.82) is 0 Å². The van der Waals surface area contributed by atoms with Crippen molar-refractivity contribution in [1.82, 2.24) is 19.8 Å². The maximum atomic E-state index is 13.5. The summed E-state index contributed by atoms with van der Waals surface area (Å²) in [5.74, 6) is 1.04. The van der Waals surface area contributed by atoms with E-state index in [4.69, 9.17) is 9.73 Å². The summed E-state index contributed by atoms with van der Waals surface area (Å²) in [6.07, 6.45) is 5.70. The summed E-state index contributed by atoms with van der Waals surface area (Å²) in [7, 11) is 1.64. The van der Waals surface area contributed by atoms with Crippen LogP contribution in [0.1, 0.15) is 37.6 Å². The SMILES string of the molecule is CC.COc1cc(/C=C2\CNC(=O)N3C2=NCC3(C)c2ccc(F)cc2)ccc1-n1cnc(C)c1. The van der Waals surface area contributed by atoms with Gasteiger partial charge in [0.05, 0.1) is 36.9 Å². The Balaban J connectivity index is 0.00000141. The largest absolute Gasteiger partial charge is 0.495 e. The van der Waals surface area contributed by atoms with E-state index in [1.807, 2.05) is 62.7 Å². The van der Waals surface area contributed by atoms with Crippen molar-refractivity contribution in [3.05, 3.63) is 83.2 Å². The number of aromatic nitrogens is 2. The second kappa shape index (κ2) is 9.74. The molecule has 1 saturated heterocycles. The minimum atomic E-state index is -0.687. The molecule has 0 bridgehead atoms. The van der Waals surface area contributed by atoms with Gasteiger partial charge < -0.3 is 14.6 Å². The minimum Gasteiger partial charge on any atom is -0.495 e. The number of methoxy groups -OCH3 is 1. The van der Waals surface area contributed by atoms with Crippen LogP contribution in [-0.4, -0.2) is 46.5 Å². The fraction of sp³-hybridized carbons (Fsp3) is 0.296. The van der Waals surface area contributed by atoms with Crippen molar-refractivity contribution in [2.45, 2.75) is 33.2 Å². The first kappa shape index (κ1) is 24.2. The number of ether oxygens (including phenoxy) is 1. The molecule has 8 heteroatoms. The molecule has 0 saturated carbocycles. The number of carbonyl (C=O) groups is 1. The van der Waals surface area contributed by atoms with E-state index in [0.29, 0.717) is 24.7 Å². The normalized spacial score (nSPS) is 20.1. The van der Waals surface area contributed by atoms with Crippen molar-refractivity contribution in [2.75, 3.05) is 20.2 Å². The van der Waals surface area contributed by atoms with Gasteiger partial charge in [0, 0.05) is 18.3 Å². The third-order valence-corrected chi connectivity index (χ3v) is 6.16. The van der Waals surface area contributed by atoms with E-state index < -0.39 is 5.54 Å². The van der Waals surface area contributed by atoms with E-state index in [0.717, 1.165) is 28.1 Å². The number of hydrogen-bond donors (Lipinski definition) is 1. The van der Waals surface area contributed by atoms with Gasteiger partial charge in [0.15, 0.2) is 0 Å². The number of fused-ring (bicyclic) bond motifs is 1. The molecule has 1 unspecified atom stereocenters. The molecular weight excluding hydrogens is 445 g/mol. The molecule has 0 radical (unpaired) electrons. The van der Waals surface area contributed by atoms with Gasteiger partial charge in [-0.3, -0.25) is 9.89 Å². The predicted molar refractivity (Wildman–Crippen MR) is 135 cm³/mol. The zero-order chi connectivity index (χ0) is 25.2. The number of hydrogen-bond acceptors (Lipinski definition) is 4. The van der Waals surface area contributed by atoms with Crippen LogP contribution in [0.5, 0.6) is 5.75 Å². The van der Waals surface area contributed by atoms with Gasteiger partial charge in [-0.05, 0) is 55.3 Å². The molecule has 0 aliphatic carbocycles. The molecule has 0 spiro atoms. The topological polar surface area (TPSA) is 71.8 Å². The van der Waals surface area contributed by atoms with Gasteiger partial charge in [0.25, 0.3) is 0 Å². The molecule has 182 valence electrons. The average Bonchev–Trinajstić information content (AvgIpc) is 3.47. The van der Waals surface area contributed by atoms with Crippen LogP contribution in [0.4, 0.5) is 9.18 Å². The van der Waals surface area contributed by atoms with Crippen molar-refractivity contribution in [2.24, 2.45) is 4.99 Å². The molecule has 7 nitrogen and oxygen atoms in total. The summed E-state index contributed by atoms with van der Waals surface area (Å²) in [5, 5.41) is 2.95. The number of aryl methyl sites for hydroxylation is 1. The summed E-state index contributed by atoms with van der Waals surface area (Å²) in [6, 6.07) is 12.0. The number of urea groups is 1. The second-order valence-corrected chi connectivity index (χ2v) is 8.44. The van der Waals surface area contributed by atoms with E-state index in [1.54, 1.807) is 30.5 Å². The van der Waals surface area contributed by atoms with Gasteiger partial charge in [-0.1, -0.05) is 32.0 Å². The first-order chi connectivity index (χ1) is 16.9. The number of benzene rings is 2. The Hall–Kier alpha value is -3.94. The average molecular weight is 476 g/mol. The van der Waals surface area contributed by atoms with Gasteiger partial charge in [0.2, 0.25) is 0 Å². The molecule has 2 aromatic carbocycles. The highest BCUT2D eigenvalue weighted by molar-refractivity contribution is 6.14. The molecule has 1 aromatic heterocycles. The predicted octanol–water partition coefficient (Wildman–Crippen LogP) is 5.09. The first-order valence-corrected chi connectivity index (χ1v) is 11.7. The Labute approximate surface area is 205 Å². The fourth-order valence-electron chi connectivity index (χ4n) is 4.39. The number of carbonyl (C=O) groups excluding carboxylic acids is 1. The quantitative estimate of drug-likeness (QED) is 0.571. The number of rotatable bonds is 4. The molecule has 1 N–H and O–H groups in total. The monoisotopic (exact) mass is 475 g/mol. The maximum absolute atomic E-state index is 13.5. The second-order valence-electron chi connectivity index (χ2n) is 8.44. The Bertz CT molecular complexity index is 1300. The van der Waals surface area contributed by atoms with E-state index in [9.17, 15) is 9.18 Å². The minimum absolute atomic E-state index is 0.210. The van der Waals surface area contributed by atoms with Crippen molar-refractivity contribution in [3.8, 4) is 11.4 Å². The summed E-state index contributed by atoms with van der Waals surface area (Å²) in [4.78, 5) is 23.5. The summed E-state index contributed by atoms with van der Waals surface area (Å²) in [5.41, 5.74) is 3.78. The molecule has 3 heterocycles. The number of amidine groups is 1. The fourth-order valence-corrected chi connectivity index (χ4v) is 4.39. The molecular formula is C27H30FN5O2. The van der Waals surface area contributed by atoms with Gasteiger partial charge in [-0.25, -0.2) is 14.2 Å². The number of aliphatic imine (C=N–C) groups is 1. The molecule has 2 aliphatic heterocycles. The zero-order valence-electron chi connectivity index (χ0n) is 20.7. The highest BCUT2D eigenvalue weighted by atomic mass is 19.1. The van der Waals surface area contributed by atoms with Crippen LogP contribution in [0.2, 0.25) is 0 Å². The maximum Gasteiger partial charge on any atom is 0.324 e. The van der Waals surface area contributed by atoms with Crippen LogP contribution in [0.25, 0.3) is 11.8 Å². The number of halogens is 1. The van der Waals surface area contributed by atoms with E-state index >= 15 is 0 Å². The smallest absolute Gasteiger partial charge is 0.324 e. The summed E-state index contributed by atoms with van der Waals surface area (Å²) >= 11 is 0. The van der Waals surface area contributed by atoms with Gasteiger partial charge >= 0.3 is 6.03 Å². The Kier molecular flexibility index (Phi) is 6.73. The van der Waals surface area contributed by atoms with E-state index in [1.165, 1.54) is 12.1 Å². The molecule has 1 atom stereocenters. The molecule has 2 aliphatic rings. The van der Waals surface area contributed by atoms with Gasteiger partial charge in [0.1, 0.15) is 17.4 Å². The van der Waals surface area contributed by atoms with E-state index in [2.05, 4.69) is 10.3 Å². The van der Waals surface area contributed by atoms with Crippen LogP contribution in [-0.2, 0) is 5.54 Å². The van der Waals surface area contributed by atoms with Crippen molar-refractivity contribution in [3.63, 3.8) is 0 Å². The first-order valence-electron chi connectivity index (χ1n) is 11.7. The third kappa shape index (κ3) is 4.43. The molecule has 3 aromatic rings. The van der Waals surface area contributed by atoms with Crippen LogP contribution in [0.3, 0.4) is 0 Å². The number of amides is 2. The molecule has 5 rings (SSSR count). The lowest BCUT2D eigenvalue weighted by Crippen LogP contribution is -2.57. The van der Waals surface area contributed by atoms with E-state index in [-0.39, 0.29) is 11.8 Å². The van der Waals surface area contributed by atoms with Gasteiger partial charge in [-0.15, -0.1) is 0 Å². The van der Waals surface area contributed by atoms with Crippen LogP contribution in [0.15, 0.2) is 65.6 Å². The Morgan fingerprint density at radius 1 is 1.17 bits per heavy atom. The zero-order valence-corrected chi connectivity index (χ0v) is 20.7. The number of nitrogens with one attached hydrogen (secondary N) is 1. The van der Waals surface area contributed by atoms with Crippen molar-refractivity contribution >= 4 is 17.9 Å². The van der Waals surface area contributed by atoms with Crippen LogP contribution in [0, 0.1) is 12.7 Å². The lowest BCUT2D eigenvalue weighted by atomic mass is 9.90. The Morgan fingerprint density at radius 2 is 1.91 bits per heavy atom. The van der Waals surface area contributed by atoms with Crippen LogP contribution >= 0.6 is 0 Å². The Morgan fingerprint density at radius 3 is 2.57 bits per heavy atom. The lowest BCUT2D eigenvalue weighted by Gasteiger charge is -2.39. The molecule has 2 amide bonds. The number of nitrogens with zero attached hydrogens (tertiary/aromatic N) is 4. The summed E-state index contributed by atoms with van der Waals surface area (Å²) < 4.78 is 21.0. The lowest BCUT2D eigenvalue weighted by molar-refractivity contribution is 0.185.